The Kier molecular flexibility index (Phi) is 4.82. The van der Waals surface area contributed by atoms with Crippen molar-refractivity contribution in [2.24, 2.45) is 0 Å². The van der Waals surface area contributed by atoms with Gasteiger partial charge in [0.15, 0.2) is 0 Å². The average molecular weight is 214 g/mol. The van der Waals surface area contributed by atoms with Crippen molar-refractivity contribution < 1.29 is 0 Å². The number of anilines is 1. The molecule has 0 atom stereocenters. The van der Waals surface area contributed by atoms with Gasteiger partial charge in [-0.05, 0) is 26.9 Å². The van der Waals surface area contributed by atoms with Crippen LogP contribution in [0, 0.1) is 0 Å². The zero-order chi connectivity index (χ0) is 10.4. The van der Waals surface area contributed by atoms with Crippen molar-refractivity contribution in [1.82, 2.24) is 14.5 Å². The van der Waals surface area contributed by atoms with Crippen LogP contribution in [-0.2, 0) is 6.54 Å². The smallest absolute Gasteiger partial charge is 0.134 e. The largest absolute Gasteiger partial charge is 0.374 e. The Morgan fingerprint density at radius 3 is 2.86 bits per heavy atom. The highest BCUT2D eigenvalue weighted by Gasteiger charge is 2.08. The highest BCUT2D eigenvalue weighted by molar-refractivity contribution is 7.10. The van der Waals surface area contributed by atoms with Gasteiger partial charge in [-0.1, -0.05) is 11.4 Å². The van der Waals surface area contributed by atoms with Gasteiger partial charge in [0.25, 0.3) is 0 Å². The Morgan fingerprint density at radius 1 is 1.43 bits per heavy atom. The highest BCUT2D eigenvalue weighted by Crippen LogP contribution is 2.18. The molecule has 80 valence electrons. The van der Waals surface area contributed by atoms with Gasteiger partial charge < -0.3 is 10.2 Å². The molecule has 0 saturated heterocycles. The summed E-state index contributed by atoms with van der Waals surface area (Å²) in [6.45, 7) is 7.17. The van der Waals surface area contributed by atoms with Crippen molar-refractivity contribution >= 4 is 16.5 Å². The fraction of sp³-hybridized carbons (Fsp3) is 0.778. The second-order valence-electron chi connectivity index (χ2n) is 3.32. The Labute approximate surface area is 89.5 Å². The van der Waals surface area contributed by atoms with Crippen LogP contribution in [0.2, 0.25) is 0 Å². The fourth-order valence-corrected chi connectivity index (χ4v) is 1.96. The minimum Gasteiger partial charge on any atom is -0.374 e. The van der Waals surface area contributed by atoms with Crippen LogP contribution < -0.4 is 5.32 Å². The number of rotatable bonds is 6. The van der Waals surface area contributed by atoms with E-state index >= 15 is 0 Å². The maximum absolute atomic E-state index is 4.12. The van der Waals surface area contributed by atoms with Crippen LogP contribution in [0.15, 0.2) is 0 Å². The first-order chi connectivity index (χ1) is 6.77. The van der Waals surface area contributed by atoms with Gasteiger partial charge in [0.1, 0.15) is 10.7 Å². The highest BCUT2D eigenvalue weighted by atomic mass is 32.1. The molecule has 0 fully saturated rings. The number of aromatic nitrogens is 2. The third kappa shape index (κ3) is 3.23. The number of hydrogen-bond acceptors (Lipinski definition) is 5. The molecule has 4 nitrogen and oxygen atoms in total. The van der Waals surface area contributed by atoms with Crippen LogP contribution >= 0.6 is 11.5 Å². The van der Waals surface area contributed by atoms with E-state index < -0.39 is 0 Å². The van der Waals surface area contributed by atoms with Gasteiger partial charge in [0.05, 0.1) is 0 Å². The van der Waals surface area contributed by atoms with Crippen molar-refractivity contribution in [3.05, 3.63) is 5.69 Å². The quantitative estimate of drug-likeness (QED) is 0.784. The first kappa shape index (κ1) is 11.4. The zero-order valence-corrected chi connectivity index (χ0v) is 9.89. The van der Waals surface area contributed by atoms with Crippen LogP contribution in [0.5, 0.6) is 0 Å². The predicted octanol–water partition coefficient (Wildman–Crippen LogP) is 1.81. The molecular formula is C9H18N4S. The van der Waals surface area contributed by atoms with Crippen LogP contribution in [0.3, 0.4) is 0 Å². The molecule has 5 heteroatoms. The standard InChI is InChI=1S/C9H18N4S/c1-4-6-13(3)7-8-9(10-5-2)14-12-11-8/h10H,4-7H2,1-3H3. The van der Waals surface area contributed by atoms with E-state index in [1.807, 2.05) is 0 Å². The van der Waals surface area contributed by atoms with E-state index in [2.05, 4.69) is 40.7 Å². The summed E-state index contributed by atoms with van der Waals surface area (Å²) in [7, 11) is 2.11. The van der Waals surface area contributed by atoms with Crippen molar-refractivity contribution in [3.63, 3.8) is 0 Å². The Hall–Kier alpha value is -0.680. The van der Waals surface area contributed by atoms with E-state index in [4.69, 9.17) is 0 Å². The molecule has 0 aliphatic rings. The summed E-state index contributed by atoms with van der Waals surface area (Å²) < 4.78 is 3.96. The number of nitrogens with one attached hydrogen (secondary N) is 1. The van der Waals surface area contributed by atoms with Gasteiger partial charge in [-0.2, -0.15) is 0 Å². The van der Waals surface area contributed by atoms with E-state index in [0.29, 0.717) is 0 Å². The maximum Gasteiger partial charge on any atom is 0.134 e. The van der Waals surface area contributed by atoms with Crippen LogP contribution in [0.4, 0.5) is 5.00 Å². The van der Waals surface area contributed by atoms with E-state index in [9.17, 15) is 0 Å². The predicted molar refractivity (Wildman–Crippen MR) is 60.7 cm³/mol. The minimum atomic E-state index is 0.882. The summed E-state index contributed by atoms with van der Waals surface area (Å²) in [5.41, 5.74) is 1.06. The summed E-state index contributed by atoms with van der Waals surface area (Å²) >= 11 is 1.44. The third-order valence-electron chi connectivity index (χ3n) is 1.92. The fourth-order valence-electron chi connectivity index (χ4n) is 1.32. The summed E-state index contributed by atoms with van der Waals surface area (Å²) in [6, 6.07) is 0. The normalized spacial score (nSPS) is 10.9. The molecule has 1 heterocycles. The lowest BCUT2D eigenvalue weighted by molar-refractivity contribution is 0.324. The molecule has 0 aromatic carbocycles. The first-order valence-corrected chi connectivity index (χ1v) is 5.78. The molecule has 0 aliphatic heterocycles. The van der Waals surface area contributed by atoms with Crippen LogP contribution in [0.1, 0.15) is 26.0 Å². The second-order valence-corrected chi connectivity index (χ2v) is 4.07. The van der Waals surface area contributed by atoms with Gasteiger partial charge in [0.2, 0.25) is 0 Å². The zero-order valence-electron chi connectivity index (χ0n) is 9.08. The SMILES string of the molecule is CCCN(C)Cc1nnsc1NCC. The minimum absolute atomic E-state index is 0.882. The molecule has 0 unspecified atom stereocenters. The first-order valence-electron chi connectivity index (χ1n) is 5.01. The molecule has 0 saturated carbocycles. The molecule has 1 aromatic heterocycles. The topological polar surface area (TPSA) is 41.1 Å². The van der Waals surface area contributed by atoms with E-state index in [-0.39, 0.29) is 0 Å². The lowest BCUT2D eigenvalue weighted by atomic mass is 10.4. The van der Waals surface area contributed by atoms with E-state index in [1.54, 1.807) is 0 Å². The molecule has 14 heavy (non-hydrogen) atoms. The van der Waals surface area contributed by atoms with Crippen molar-refractivity contribution in [2.75, 3.05) is 25.5 Å². The molecule has 0 bridgehead atoms. The molecule has 0 aliphatic carbocycles. The summed E-state index contributed by atoms with van der Waals surface area (Å²) in [5, 5.41) is 8.50. The van der Waals surface area contributed by atoms with Gasteiger partial charge in [-0.25, -0.2) is 0 Å². The molecule has 1 aromatic rings. The van der Waals surface area contributed by atoms with Crippen molar-refractivity contribution in [1.29, 1.82) is 0 Å². The lowest BCUT2D eigenvalue weighted by Gasteiger charge is -2.14. The van der Waals surface area contributed by atoms with Crippen molar-refractivity contribution in [2.45, 2.75) is 26.8 Å². The monoisotopic (exact) mass is 214 g/mol. The van der Waals surface area contributed by atoms with Gasteiger partial charge in [-0.3, -0.25) is 0 Å². The average Bonchev–Trinajstić information content (AvgIpc) is 2.54. The third-order valence-corrected chi connectivity index (χ3v) is 2.64. The van der Waals surface area contributed by atoms with Gasteiger partial charge in [0, 0.05) is 24.6 Å². The van der Waals surface area contributed by atoms with Crippen LogP contribution in [-0.4, -0.2) is 34.6 Å². The molecule has 1 N–H and O–H groups in total. The maximum atomic E-state index is 4.12. The van der Waals surface area contributed by atoms with Gasteiger partial charge >= 0.3 is 0 Å². The Balaban J connectivity index is 2.52. The van der Waals surface area contributed by atoms with E-state index in [1.165, 1.54) is 18.0 Å². The molecule has 0 spiro atoms. The molecule has 1 rings (SSSR count). The number of hydrogen-bond donors (Lipinski definition) is 1. The number of nitrogens with zero attached hydrogens (tertiary/aromatic N) is 3. The summed E-state index contributed by atoms with van der Waals surface area (Å²) in [5.74, 6) is 0. The summed E-state index contributed by atoms with van der Waals surface area (Å²) in [4.78, 5) is 2.26. The Morgan fingerprint density at radius 2 is 2.21 bits per heavy atom. The summed E-state index contributed by atoms with van der Waals surface area (Å²) in [6.07, 6.45) is 1.17. The molecule has 0 amide bonds. The lowest BCUT2D eigenvalue weighted by Crippen LogP contribution is -2.19. The van der Waals surface area contributed by atoms with Gasteiger partial charge in [-0.15, -0.1) is 5.10 Å². The molecule has 0 radical (unpaired) electrons. The van der Waals surface area contributed by atoms with Crippen molar-refractivity contribution in [3.8, 4) is 0 Å². The van der Waals surface area contributed by atoms with E-state index in [0.717, 1.165) is 30.3 Å². The molecular weight excluding hydrogens is 196 g/mol. The van der Waals surface area contributed by atoms with Crippen LogP contribution in [0.25, 0.3) is 0 Å². The second kappa shape index (κ2) is 5.93. The Bertz CT molecular complexity index is 261.